The minimum Gasteiger partial charge on any atom is -0.481 e. The first kappa shape index (κ1) is 16.3. The van der Waals surface area contributed by atoms with Crippen LogP contribution in [0.15, 0.2) is 0 Å². The van der Waals surface area contributed by atoms with Gasteiger partial charge in [0.1, 0.15) is 0 Å². The molecule has 1 aliphatic heterocycles. The number of carbonyl (C=O) groups is 2. The van der Waals surface area contributed by atoms with E-state index in [4.69, 9.17) is 5.11 Å². The Morgan fingerprint density at radius 3 is 2.63 bits per heavy atom. The van der Waals surface area contributed by atoms with Crippen molar-refractivity contribution in [3.63, 3.8) is 0 Å². The van der Waals surface area contributed by atoms with Gasteiger partial charge in [0.2, 0.25) is 5.91 Å². The highest BCUT2D eigenvalue weighted by Gasteiger charge is 2.29. The zero-order valence-electron chi connectivity index (χ0n) is 12.1. The molecule has 0 aromatic heterocycles. The van der Waals surface area contributed by atoms with Crippen LogP contribution in [0.5, 0.6) is 0 Å². The molecule has 0 aromatic rings. The Morgan fingerprint density at radius 2 is 2.05 bits per heavy atom. The fourth-order valence-electron chi connectivity index (χ4n) is 2.66. The van der Waals surface area contributed by atoms with Crippen LogP contribution in [0.2, 0.25) is 0 Å². The van der Waals surface area contributed by atoms with Gasteiger partial charge in [-0.1, -0.05) is 20.8 Å². The molecule has 1 N–H and O–H groups in total. The first-order chi connectivity index (χ1) is 8.90. The van der Waals surface area contributed by atoms with Crippen LogP contribution in [-0.2, 0) is 9.59 Å². The number of nitrogens with zero attached hydrogens (tertiary/aromatic N) is 1. The summed E-state index contributed by atoms with van der Waals surface area (Å²) < 4.78 is 0. The van der Waals surface area contributed by atoms with E-state index < -0.39 is 5.97 Å². The van der Waals surface area contributed by atoms with Gasteiger partial charge in [0.15, 0.2) is 0 Å². The van der Waals surface area contributed by atoms with Crippen LogP contribution in [0, 0.1) is 11.8 Å². The maximum Gasteiger partial charge on any atom is 0.305 e. The molecule has 0 saturated carbocycles. The molecule has 0 bridgehead atoms. The molecule has 0 radical (unpaired) electrons. The van der Waals surface area contributed by atoms with Crippen molar-refractivity contribution in [3.8, 4) is 0 Å². The molecular weight excluding hydrogens is 262 g/mol. The molecule has 0 aromatic carbocycles. The van der Waals surface area contributed by atoms with Gasteiger partial charge >= 0.3 is 5.97 Å². The van der Waals surface area contributed by atoms with E-state index in [2.05, 4.69) is 20.8 Å². The number of carboxylic acids is 1. The Hall–Kier alpha value is -0.710. The average molecular weight is 287 g/mol. The first-order valence-corrected chi connectivity index (χ1v) is 8.14. The molecule has 2 atom stereocenters. The molecule has 1 heterocycles. The highest BCUT2D eigenvalue weighted by molar-refractivity contribution is 7.99. The summed E-state index contributed by atoms with van der Waals surface area (Å²) in [4.78, 5) is 25.0. The van der Waals surface area contributed by atoms with Crippen molar-refractivity contribution in [3.05, 3.63) is 0 Å². The quantitative estimate of drug-likeness (QED) is 0.815. The van der Waals surface area contributed by atoms with Gasteiger partial charge in [-0.3, -0.25) is 9.59 Å². The number of rotatable bonds is 6. The van der Waals surface area contributed by atoms with Gasteiger partial charge in [0.05, 0.1) is 12.5 Å². The van der Waals surface area contributed by atoms with E-state index in [1.165, 1.54) is 0 Å². The van der Waals surface area contributed by atoms with Gasteiger partial charge < -0.3 is 10.0 Å². The van der Waals surface area contributed by atoms with E-state index >= 15 is 0 Å². The zero-order chi connectivity index (χ0) is 14.4. The Balaban J connectivity index is 2.54. The Kier molecular flexibility index (Phi) is 6.69. The van der Waals surface area contributed by atoms with E-state index in [0.717, 1.165) is 17.9 Å². The minimum absolute atomic E-state index is 0.0668. The maximum atomic E-state index is 12.3. The van der Waals surface area contributed by atoms with Crippen LogP contribution in [-0.4, -0.2) is 46.0 Å². The predicted molar refractivity (Wildman–Crippen MR) is 78.3 cm³/mol. The van der Waals surface area contributed by atoms with Crippen LogP contribution < -0.4 is 0 Å². The van der Waals surface area contributed by atoms with Gasteiger partial charge in [-0.05, 0) is 18.3 Å². The van der Waals surface area contributed by atoms with Gasteiger partial charge in [0, 0.05) is 24.5 Å². The summed E-state index contributed by atoms with van der Waals surface area (Å²) in [7, 11) is 0. The van der Waals surface area contributed by atoms with Crippen LogP contribution >= 0.6 is 11.8 Å². The third-order valence-electron chi connectivity index (χ3n) is 3.35. The monoisotopic (exact) mass is 287 g/mol. The standard InChI is InChI=1S/C14H25NO3S/c1-10(2)6-11(3)7-13(16)15-4-5-19-9-12(15)8-14(17)18/h10-12H,4-9H2,1-3H3,(H,17,18). The van der Waals surface area contributed by atoms with E-state index in [-0.39, 0.29) is 18.4 Å². The van der Waals surface area contributed by atoms with Gasteiger partial charge in [0.25, 0.3) is 0 Å². The predicted octanol–water partition coefficient (Wildman–Crippen LogP) is 2.48. The summed E-state index contributed by atoms with van der Waals surface area (Å²) in [6.45, 7) is 7.11. The van der Waals surface area contributed by atoms with Gasteiger partial charge in [-0.2, -0.15) is 11.8 Å². The second-order valence-electron chi connectivity index (χ2n) is 5.85. The summed E-state index contributed by atoms with van der Waals surface area (Å²) in [5, 5.41) is 8.92. The summed E-state index contributed by atoms with van der Waals surface area (Å²) in [6, 6.07) is -0.130. The number of carboxylic acid groups (broad SMARTS) is 1. The van der Waals surface area contributed by atoms with Crippen molar-refractivity contribution in [1.29, 1.82) is 0 Å². The summed E-state index contributed by atoms with van der Waals surface area (Å²) in [6.07, 6.45) is 1.65. The molecule has 1 saturated heterocycles. The molecule has 2 unspecified atom stereocenters. The van der Waals surface area contributed by atoms with Crippen LogP contribution in [0.1, 0.15) is 40.0 Å². The number of hydrogen-bond acceptors (Lipinski definition) is 3. The average Bonchev–Trinajstić information content (AvgIpc) is 2.27. The molecule has 110 valence electrons. The van der Waals surface area contributed by atoms with Crippen LogP contribution in [0.3, 0.4) is 0 Å². The molecule has 5 heteroatoms. The topological polar surface area (TPSA) is 57.6 Å². The minimum atomic E-state index is -0.819. The molecule has 1 amide bonds. The summed E-state index contributed by atoms with van der Waals surface area (Å²) in [5.41, 5.74) is 0. The molecule has 19 heavy (non-hydrogen) atoms. The Labute approximate surface area is 119 Å². The lowest BCUT2D eigenvalue weighted by molar-refractivity contribution is -0.140. The summed E-state index contributed by atoms with van der Waals surface area (Å²) in [5.74, 6) is 1.93. The summed E-state index contributed by atoms with van der Waals surface area (Å²) >= 11 is 1.74. The second kappa shape index (κ2) is 7.78. The number of amides is 1. The SMILES string of the molecule is CC(C)CC(C)CC(=O)N1CCSCC1CC(=O)O. The highest BCUT2D eigenvalue weighted by atomic mass is 32.2. The number of aliphatic carboxylic acids is 1. The van der Waals surface area contributed by atoms with Crippen LogP contribution in [0.4, 0.5) is 0 Å². The molecule has 4 nitrogen and oxygen atoms in total. The van der Waals surface area contributed by atoms with Crippen molar-refractivity contribution in [1.82, 2.24) is 4.90 Å². The smallest absolute Gasteiger partial charge is 0.305 e. The van der Waals surface area contributed by atoms with Crippen molar-refractivity contribution in [2.24, 2.45) is 11.8 Å². The molecule has 0 aliphatic carbocycles. The van der Waals surface area contributed by atoms with E-state index in [0.29, 0.717) is 24.8 Å². The van der Waals surface area contributed by atoms with Crippen molar-refractivity contribution >= 4 is 23.6 Å². The van der Waals surface area contributed by atoms with Crippen molar-refractivity contribution in [2.75, 3.05) is 18.1 Å². The van der Waals surface area contributed by atoms with E-state index in [1.807, 2.05) is 0 Å². The van der Waals surface area contributed by atoms with Crippen LogP contribution in [0.25, 0.3) is 0 Å². The second-order valence-corrected chi connectivity index (χ2v) is 7.00. The zero-order valence-corrected chi connectivity index (χ0v) is 12.9. The van der Waals surface area contributed by atoms with E-state index in [9.17, 15) is 9.59 Å². The molecule has 0 spiro atoms. The Bertz CT molecular complexity index is 320. The fourth-order valence-corrected chi connectivity index (χ4v) is 3.72. The number of hydrogen-bond donors (Lipinski definition) is 1. The van der Waals surface area contributed by atoms with Crippen molar-refractivity contribution in [2.45, 2.75) is 46.1 Å². The molecule has 1 rings (SSSR count). The Morgan fingerprint density at radius 1 is 1.37 bits per heavy atom. The number of thioether (sulfide) groups is 1. The third kappa shape index (κ3) is 5.85. The lowest BCUT2D eigenvalue weighted by Gasteiger charge is -2.35. The third-order valence-corrected chi connectivity index (χ3v) is 4.45. The molecule has 1 fully saturated rings. The lowest BCUT2D eigenvalue weighted by atomic mass is 9.95. The normalized spacial score (nSPS) is 21.5. The van der Waals surface area contributed by atoms with Gasteiger partial charge in [-0.25, -0.2) is 0 Å². The van der Waals surface area contributed by atoms with Gasteiger partial charge in [-0.15, -0.1) is 0 Å². The van der Waals surface area contributed by atoms with E-state index in [1.54, 1.807) is 16.7 Å². The maximum absolute atomic E-state index is 12.3. The molecule has 1 aliphatic rings. The lowest BCUT2D eigenvalue weighted by Crippen LogP contribution is -2.47. The first-order valence-electron chi connectivity index (χ1n) is 6.99. The largest absolute Gasteiger partial charge is 0.481 e. The molecular formula is C14H25NO3S. The highest BCUT2D eigenvalue weighted by Crippen LogP contribution is 2.22. The fraction of sp³-hybridized carbons (Fsp3) is 0.857. The van der Waals surface area contributed by atoms with Crippen molar-refractivity contribution < 1.29 is 14.7 Å². The number of carbonyl (C=O) groups excluding carboxylic acids is 1.